The van der Waals surface area contributed by atoms with Crippen LogP contribution in [-0.4, -0.2) is 67.0 Å². The fourth-order valence-corrected chi connectivity index (χ4v) is 5.31. The lowest BCUT2D eigenvalue weighted by Gasteiger charge is -2.34. The molecular weight excluding hydrogens is 477 g/mol. The summed E-state index contributed by atoms with van der Waals surface area (Å²) in [7, 11) is 1.59. The van der Waals surface area contributed by atoms with E-state index in [0.29, 0.717) is 42.8 Å². The Morgan fingerprint density at radius 3 is 2.58 bits per heavy atom. The van der Waals surface area contributed by atoms with Crippen molar-refractivity contribution in [3.05, 3.63) is 35.2 Å². The molecule has 2 atom stereocenters. The molecule has 0 N–H and O–H groups in total. The van der Waals surface area contributed by atoms with Gasteiger partial charge in [0.2, 0.25) is 5.91 Å². The van der Waals surface area contributed by atoms with Crippen molar-refractivity contribution in [1.82, 2.24) is 15.0 Å². The molecule has 36 heavy (non-hydrogen) atoms. The molecule has 0 unspecified atom stereocenters. The number of benzene rings is 1. The minimum Gasteiger partial charge on any atom is -0.493 e. The Hall–Kier alpha value is -2.82. The van der Waals surface area contributed by atoms with Crippen LogP contribution in [0.25, 0.3) is 0 Å². The molecule has 1 aromatic carbocycles. The second kappa shape index (κ2) is 10.7. The van der Waals surface area contributed by atoms with Gasteiger partial charge in [0.15, 0.2) is 5.82 Å². The van der Waals surface area contributed by atoms with Gasteiger partial charge in [0.1, 0.15) is 30.2 Å². The fourth-order valence-electron chi connectivity index (χ4n) is 5.31. The molecule has 3 fully saturated rings. The number of methoxy groups -OCH3 is 1. The predicted octanol–water partition coefficient (Wildman–Crippen LogP) is 3.54. The van der Waals surface area contributed by atoms with E-state index in [9.17, 15) is 18.0 Å². The molecule has 3 heterocycles. The van der Waals surface area contributed by atoms with E-state index in [1.807, 2.05) is 0 Å². The van der Waals surface area contributed by atoms with E-state index in [0.717, 1.165) is 50.9 Å². The Labute approximate surface area is 207 Å². The van der Waals surface area contributed by atoms with E-state index < -0.39 is 30.1 Å². The smallest absolute Gasteiger partial charge is 0.324 e. The van der Waals surface area contributed by atoms with E-state index in [1.165, 1.54) is 4.90 Å². The summed E-state index contributed by atoms with van der Waals surface area (Å²) in [5, 5.41) is 3.92. The first-order valence-electron chi connectivity index (χ1n) is 12.5. The van der Waals surface area contributed by atoms with Gasteiger partial charge in [-0.15, -0.1) is 0 Å². The van der Waals surface area contributed by atoms with Crippen LogP contribution in [0.1, 0.15) is 37.1 Å². The zero-order valence-corrected chi connectivity index (χ0v) is 20.3. The number of carbonyl (C=O) groups excluding carboxylic acids is 1. The number of rotatable bonds is 10. The Kier molecular flexibility index (Phi) is 7.36. The maximum atomic E-state index is 14.4. The summed E-state index contributed by atoms with van der Waals surface area (Å²) in [6.07, 6.45) is 2.62. The minimum absolute atomic E-state index is 0.0149. The molecular formula is C25H31F3N4O4. The van der Waals surface area contributed by atoms with E-state index in [2.05, 4.69) is 15.0 Å². The van der Waals surface area contributed by atoms with E-state index in [1.54, 1.807) is 7.11 Å². The van der Waals surface area contributed by atoms with Crippen LogP contribution in [0.4, 0.5) is 19.2 Å². The van der Waals surface area contributed by atoms with E-state index in [-0.39, 0.29) is 24.4 Å². The summed E-state index contributed by atoms with van der Waals surface area (Å²) in [5.74, 6) is 0.391. The van der Waals surface area contributed by atoms with Gasteiger partial charge in [0.05, 0.1) is 26.1 Å². The van der Waals surface area contributed by atoms with Crippen molar-refractivity contribution in [2.45, 2.75) is 44.9 Å². The lowest BCUT2D eigenvalue weighted by Crippen LogP contribution is -2.52. The largest absolute Gasteiger partial charge is 0.493 e. The summed E-state index contributed by atoms with van der Waals surface area (Å²) in [4.78, 5) is 19.8. The molecule has 1 amide bonds. The number of alkyl halides is 1. The first kappa shape index (κ1) is 24.9. The Bertz CT molecular complexity index is 1050. The van der Waals surface area contributed by atoms with Gasteiger partial charge in [-0.05, 0) is 43.4 Å². The molecule has 8 nitrogen and oxygen atoms in total. The van der Waals surface area contributed by atoms with Crippen molar-refractivity contribution in [2.75, 3.05) is 44.8 Å². The maximum Gasteiger partial charge on any atom is 0.324 e. The van der Waals surface area contributed by atoms with Gasteiger partial charge in [0, 0.05) is 37.9 Å². The third-order valence-electron chi connectivity index (χ3n) is 7.51. The van der Waals surface area contributed by atoms with Crippen LogP contribution in [0.2, 0.25) is 0 Å². The maximum absolute atomic E-state index is 14.4. The number of nitrogens with zero attached hydrogens (tertiary/aromatic N) is 4. The van der Waals surface area contributed by atoms with Crippen molar-refractivity contribution in [3.8, 4) is 5.75 Å². The fraction of sp³-hybridized carbons (Fsp3) is 0.640. The van der Waals surface area contributed by atoms with Gasteiger partial charge in [0.25, 0.3) is 0 Å². The first-order chi connectivity index (χ1) is 17.4. The van der Waals surface area contributed by atoms with Crippen LogP contribution in [0, 0.1) is 29.4 Å². The average molecular weight is 509 g/mol. The second-order valence-electron chi connectivity index (χ2n) is 9.99. The SMILES string of the molecule is COCc1noc(N2CCC([C@H]3C[C@H]3CCOc3cc(F)c(CC(=O)N4CC(F)C4)c(F)c3)CC2)n1. The van der Waals surface area contributed by atoms with Gasteiger partial charge in [-0.3, -0.25) is 4.79 Å². The van der Waals surface area contributed by atoms with Gasteiger partial charge in [-0.1, -0.05) is 5.16 Å². The van der Waals surface area contributed by atoms with Gasteiger partial charge in [-0.25, -0.2) is 13.2 Å². The van der Waals surface area contributed by atoms with Gasteiger partial charge in [-0.2, -0.15) is 4.98 Å². The van der Waals surface area contributed by atoms with E-state index in [4.69, 9.17) is 14.0 Å². The molecule has 196 valence electrons. The number of aromatic nitrogens is 2. The Balaban J connectivity index is 1.03. The summed E-state index contributed by atoms with van der Waals surface area (Å²) < 4.78 is 57.8. The normalized spacial score (nSPS) is 22.6. The molecule has 2 saturated heterocycles. The number of piperidine rings is 1. The highest BCUT2D eigenvalue weighted by Crippen LogP contribution is 2.50. The third-order valence-corrected chi connectivity index (χ3v) is 7.51. The monoisotopic (exact) mass is 508 g/mol. The minimum atomic E-state index is -1.05. The molecule has 1 saturated carbocycles. The second-order valence-corrected chi connectivity index (χ2v) is 9.99. The lowest BCUT2D eigenvalue weighted by atomic mass is 9.90. The van der Waals surface area contributed by atoms with Crippen molar-refractivity contribution in [3.63, 3.8) is 0 Å². The zero-order chi connectivity index (χ0) is 25.2. The van der Waals surface area contributed by atoms with Crippen LogP contribution in [0.15, 0.2) is 16.7 Å². The van der Waals surface area contributed by atoms with Crippen LogP contribution < -0.4 is 9.64 Å². The number of likely N-dealkylation sites (tertiary alicyclic amines) is 1. The highest BCUT2D eigenvalue weighted by molar-refractivity contribution is 5.79. The van der Waals surface area contributed by atoms with Crippen LogP contribution in [0.5, 0.6) is 5.75 Å². The highest BCUT2D eigenvalue weighted by atomic mass is 19.1. The molecule has 0 radical (unpaired) electrons. The predicted molar refractivity (Wildman–Crippen MR) is 123 cm³/mol. The molecule has 2 aromatic rings. The zero-order valence-electron chi connectivity index (χ0n) is 20.3. The standard InChI is InChI=1S/C25H31F3N4O4/c1-34-14-23-29-25(36-30-23)31-5-2-15(3-6-31)19-8-16(19)4-7-35-18-9-21(27)20(22(28)10-18)11-24(33)32-12-17(26)13-32/h9-10,15-17,19H,2-8,11-14H2,1H3/t16-,19-/m1/s1. The number of halogens is 3. The number of carbonyl (C=O) groups is 1. The summed E-state index contributed by atoms with van der Waals surface area (Å²) in [6, 6.07) is 2.79. The van der Waals surface area contributed by atoms with Crippen molar-refractivity contribution in [2.24, 2.45) is 17.8 Å². The number of amides is 1. The summed E-state index contributed by atoms with van der Waals surface area (Å²) in [6.45, 7) is 2.43. The third kappa shape index (κ3) is 5.61. The molecule has 5 rings (SSSR count). The molecule has 3 aliphatic rings. The molecule has 1 aromatic heterocycles. The van der Waals surface area contributed by atoms with Crippen molar-refractivity contribution < 1.29 is 32.0 Å². The number of ether oxygens (including phenoxy) is 2. The highest BCUT2D eigenvalue weighted by Gasteiger charge is 2.43. The summed E-state index contributed by atoms with van der Waals surface area (Å²) in [5.41, 5.74) is -0.307. The molecule has 0 spiro atoms. The Morgan fingerprint density at radius 2 is 1.92 bits per heavy atom. The van der Waals surface area contributed by atoms with Gasteiger partial charge >= 0.3 is 6.01 Å². The molecule has 2 aliphatic heterocycles. The van der Waals surface area contributed by atoms with Crippen LogP contribution in [0.3, 0.4) is 0 Å². The van der Waals surface area contributed by atoms with Crippen molar-refractivity contribution >= 4 is 11.9 Å². The average Bonchev–Trinajstić information content (AvgIpc) is 3.46. The van der Waals surface area contributed by atoms with Gasteiger partial charge < -0.3 is 23.8 Å². The lowest BCUT2D eigenvalue weighted by molar-refractivity contribution is -0.137. The van der Waals surface area contributed by atoms with Crippen LogP contribution >= 0.6 is 0 Å². The summed E-state index contributed by atoms with van der Waals surface area (Å²) >= 11 is 0. The van der Waals surface area contributed by atoms with Crippen LogP contribution in [-0.2, 0) is 22.6 Å². The topological polar surface area (TPSA) is 80.9 Å². The molecule has 11 heteroatoms. The number of hydrogen-bond donors (Lipinski definition) is 0. The number of hydrogen-bond acceptors (Lipinski definition) is 7. The van der Waals surface area contributed by atoms with Crippen molar-refractivity contribution in [1.29, 1.82) is 0 Å². The quantitative estimate of drug-likeness (QED) is 0.486. The van der Waals surface area contributed by atoms with E-state index >= 15 is 0 Å². The Morgan fingerprint density at radius 1 is 1.19 bits per heavy atom. The first-order valence-corrected chi connectivity index (χ1v) is 12.5. The number of anilines is 1. The molecule has 0 bridgehead atoms. The molecule has 1 aliphatic carbocycles.